The Morgan fingerprint density at radius 1 is 1.00 bits per heavy atom. The number of benzene rings is 2. The number of alkyl carbamates (subject to hydrolysis) is 1. The van der Waals surface area contributed by atoms with Crippen LogP contribution in [0.4, 0.5) is 10.5 Å². The smallest absolute Gasteiger partial charge is 0.408 e. The van der Waals surface area contributed by atoms with E-state index in [1.54, 1.807) is 45.0 Å². The number of aromatic hydroxyl groups is 1. The van der Waals surface area contributed by atoms with Gasteiger partial charge in [0.05, 0.1) is 0 Å². The molecule has 2 atom stereocenters. The van der Waals surface area contributed by atoms with Crippen LogP contribution in [0.25, 0.3) is 0 Å². The SMILES string of the molecule is CCCCCCN(C(=O)C(CCC(N)=O)NC(=O)OC(C)(C)C)C(C(=O)Nc1ccccc1C)c1ccc(O)cc1. The van der Waals surface area contributed by atoms with E-state index in [-0.39, 0.29) is 25.1 Å². The lowest BCUT2D eigenvalue weighted by Crippen LogP contribution is -2.52. The second kappa shape index (κ2) is 15.6. The highest BCUT2D eigenvalue weighted by atomic mass is 16.6. The molecule has 2 unspecified atom stereocenters. The molecule has 10 nitrogen and oxygen atoms in total. The molecule has 0 aliphatic carbocycles. The molecule has 0 aliphatic heterocycles. The average molecular weight is 569 g/mol. The van der Waals surface area contributed by atoms with Gasteiger partial charge in [-0.25, -0.2) is 4.79 Å². The van der Waals surface area contributed by atoms with Gasteiger partial charge in [0.25, 0.3) is 5.91 Å². The number of aryl methyl sites for hydroxylation is 1. The summed E-state index contributed by atoms with van der Waals surface area (Å²) in [5, 5.41) is 15.4. The maximum absolute atomic E-state index is 14.2. The molecule has 0 saturated carbocycles. The topological polar surface area (TPSA) is 151 Å². The number of hydrogen-bond acceptors (Lipinski definition) is 6. The molecule has 2 rings (SSSR count). The zero-order chi connectivity index (χ0) is 30.6. The molecule has 0 aromatic heterocycles. The molecule has 4 amide bonds. The molecule has 0 aliphatic rings. The number of phenolic OH excluding ortho intramolecular Hbond substituents is 1. The van der Waals surface area contributed by atoms with Crippen molar-refractivity contribution in [3.8, 4) is 5.75 Å². The van der Waals surface area contributed by atoms with E-state index in [4.69, 9.17) is 10.5 Å². The zero-order valence-electron chi connectivity index (χ0n) is 24.7. The third kappa shape index (κ3) is 11.1. The second-order valence-electron chi connectivity index (χ2n) is 11.1. The predicted molar refractivity (Wildman–Crippen MR) is 158 cm³/mol. The van der Waals surface area contributed by atoms with Crippen molar-refractivity contribution < 1.29 is 29.0 Å². The number of amides is 4. The molecule has 0 heterocycles. The van der Waals surface area contributed by atoms with Crippen molar-refractivity contribution in [1.82, 2.24) is 10.2 Å². The highest BCUT2D eigenvalue weighted by Crippen LogP contribution is 2.28. The van der Waals surface area contributed by atoms with Gasteiger partial charge in [-0.2, -0.15) is 0 Å². The molecule has 0 fully saturated rings. The summed E-state index contributed by atoms with van der Waals surface area (Å²) in [6.07, 6.45) is 2.31. The van der Waals surface area contributed by atoms with Crippen LogP contribution in [0.5, 0.6) is 5.75 Å². The first-order valence-electron chi connectivity index (χ1n) is 14.1. The Morgan fingerprint density at radius 3 is 2.24 bits per heavy atom. The third-order valence-corrected chi connectivity index (χ3v) is 6.38. The van der Waals surface area contributed by atoms with Crippen LogP contribution < -0.4 is 16.4 Å². The third-order valence-electron chi connectivity index (χ3n) is 6.38. The number of nitrogens with two attached hydrogens (primary N) is 1. The molecule has 0 radical (unpaired) electrons. The summed E-state index contributed by atoms with van der Waals surface area (Å²) in [5.74, 6) is -1.62. The van der Waals surface area contributed by atoms with Crippen molar-refractivity contribution in [2.75, 3.05) is 11.9 Å². The summed E-state index contributed by atoms with van der Waals surface area (Å²) in [6, 6.07) is 11.1. The van der Waals surface area contributed by atoms with Crippen molar-refractivity contribution in [1.29, 1.82) is 0 Å². The van der Waals surface area contributed by atoms with Gasteiger partial charge in [-0.3, -0.25) is 14.4 Å². The van der Waals surface area contributed by atoms with Gasteiger partial charge in [-0.15, -0.1) is 0 Å². The van der Waals surface area contributed by atoms with E-state index in [1.807, 2.05) is 19.1 Å². The molecule has 5 N–H and O–H groups in total. The summed E-state index contributed by atoms with van der Waals surface area (Å²) in [5.41, 5.74) is 6.48. The van der Waals surface area contributed by atoms with E-state index in [9.17, 15) is 24.3 Å². The number of anilines is 1. The van der Waals surface area contributed by atoms with Gasteiger partial charge in [0, 0.05) is 18.7 Å². The minimum atomic E-state index is -1.17. The van der Waals surface area contributed by atoms with Gasteiger partial charge >= 0.3 is 6.09 Å². The van der Waals surface area contributed by atoms with Crippen LogP contribution in [-0.2, 0) is 19.1 Å². The van der Waals surface area contributed by atoms with Gasteiger partial charge < -0.3 is 31.1 Å². The van der Waals surface area contributed by atoms with Gasteiger partial charge in [0.2, 0.25) is 11.8 Å². The van der Waals surface area contributed by atoms with Crippen LogP contribution in [0.1, 0.15) is 83.4 Å². The molecular weight excluding hydrogens is 524 g/mol. The molecule has 0 spiro atoms. The van der Waals surface area contributed by atoms with Crippen molar-refractivity contribution in [3.63, 3.8) is 0 Å². The first-order chi connectivity index (χ1) is 19.3. The lowest BCUT2D eigenvalue weighted by Gasteiger charge is -2.34. The maximum atomic E-state index is 14.2. The van der Waals surface area contributed by atoms with Crippen LogP contribution in [0.15, 0.2) is 48.5 Å². The average Bonchev–Trinajstić information content (AvgIpc) is 2.89. The first kappa shape index (κ1) is 33.1. The molecule has 10 heteroatoms. The van der Waals surface area contributed by atoms with E-state index in [0.717, 1.165) is 24.8 Å². The number of carbonyl (C=O) groups is 4. The van der Waals surface area contributed by atoms with Gasteiger partial charge in [0.15, 0.2) is 0 Å². The molecule has 0 bridgehead atoms. The molecule has 41 heavy (non-hydrogen) atoms. The Hall–Kier alpha value is -4.08. The normalized spacial score (nSPS) is 12.6. The van der Waals surface area contributed by atoms with Crippen LogP contribution >= 0.6 is 0 Å². The molecular formula is C31H44N4O6. The van der Waals surface area contributed by atoms with Crippen LogP contribution in [0.3, 0.4) is 0 Å². The van der Waals surface area contributed by atoms with Crippen LogP contribution in [0, 0.1) is 6.92 Å². The van der Waals surface area contributed by atoms with E-state index in [0.29, 0.717) is 17.7 Å². The quantitative estimate of drug-likeness (QED) is 0.237. The lowest BCUT2D eigenvalue weighted by molar-refractivity contribution is -0.141. The zero-order valence-corrected chi connectivity index (χ0v) is 24.7. The molecule has 0 saturated heterocycles. The monoisotopic (exact) mass is 568 g/mol. The summed E-state index contributed by atoms with van der Waals surface area (Å²) >= 11 is 0. The van der Waals surface area contributed by atoms with Crippen molar-refractivity contribution >= 4 is 29.5 Å². The van der Waals surface area contributed by atoms with E-state index in [1.165, 1.54) is 17.0 Å². The number of nitrogens with zero attached hydrogens (tertiary/aromatic N) is 1. The number of phenols is 1. The fourth-order valence-electron chi connectivity index (χ4n) is 4.31. The van der Waals surface area contributed by atoms with E-state index < -0.39 is 41.5 Å². The van der Waals surface area contributed by atoms with Crippen LogP contribution in [0.2, 0.25) is 0 Å². The van der Waals surface area contributed by atoms with Gasteiger partial charge in [-0.05, 0) is 69.9 Å². The Bertz CT molecular complexity index is 1180. The Morgan fingerprint density at radius 2 is 1.66 bits per heavy atom. The highest BCUT2D eigenvalue weighted by Gasteiger charge is 2.36. The number of hydrogen-bond donors (Lipinski definition) is 4. The molecule has 2 aromatic carbocycles. The number of primary amides is 1. The summed E-state index contributed by atoms with van der Waals surface area (Å²) < 4.78 is 5.37. The molecule has 224 valence electrons. The largest absolute Gasteiger partial charge is 0.508 e. The van der Waals surface area contributed by atoms with E-state index >= 15 is 0 Å². The summed E-state index contributed by atoms with van der Waals surface area (Å²) in [7, 11) is 0. The van der Waals surface area contributed by atoms with E-state index in [2.05, 4.69) is 17.6 Å². The number of rotatable bonds is 14. The maximum Gasteiger partial charge on any atom is 0.408 e. The fraction of sp³-hybridized carbons (Fsp3) is 0.484. The predicted octanol–water partition coefficient (Wildman–Crippen LogP) is 4.95. The Labute approximate surface area is 242 Å². The Kier molecular flexibility index (Phi) is 12.6. The van der Waals surface area contributed by atoms with Crippen molar-refractivity contribution in [3.05, 3.63) is 59.7 Å². The highest BCUT2D eigenvalue weighted by molar-refractivity contribution is 5.99. The molecule has 2 aromatic rings. The standard InChI is InChI=1S/C31H44N4O6/c1-6-7-8-11-20-35(29(39)25(18-19-26(32)37)34-30(40)41-31(3,4)5)27(22-14-16-23(36)17-15-22)28(38)33-24-13-10-9-12-21(24)2/h9-10,12-17,25,27,36H,6-8,11,18-20H2,1-5H3,(H2,32,37)(H,33,38)(H,34,40). The van der Waals surface area contributed by atoms with Crippen molar-refractivity contribution in [2.24, 2.45) is 5.73 Å². The number of para-hydroxylation sites is 1. The van der Waals surface area contributed by atoms with Gasteiger partial charge in [-0.1, -0.05) is 56.5 Å². The summed E-state index contributed by atoms with van der Waals surface area (Å²) in [4.78, 5) is 53.9. The second-order valence-corrected chi connectivity index (χ2v) is 11.1. The Balaban J connectivity index is 2.54. The summed E-state index contributed by atoms with van der Waals surface area (Å²) in [6.45, 7) is 9.25. The number of ether oxygens (including phenoxy) is 1. The number of nitrogens with one attached hydrogen (secondary N) is 2. The first-order valence-corrected chi connectivity index (χ1v) is 14.1. The fourth-order valence-corrected chi connectivity index (χ4v) is 4.31. The lowest BCUT2D eigenvalue weighted by atomic mass is 10.00. The minimum Gasteiger partial charge on any atom is -0.508 e. The number of unbranched alkanes of at least 4 members (excludes halogenated alkanes) is 3. The van der Waals surface area contributed by atoms with Crippen molar-refractivity contribution in [2.45, 2.75) is 90.8 Å². The minimum absolute atomic E-state index is 0.0126. The van der Waals surface area contributed by atoms with Crippen LogP contribution in [-0.4, -0.2) is 52.0 Å². The van der Waals surface area contributed by atoms with Gasteiger partial charge in [0.1, 0.15) is 23.4 Å². The number of carbonyl (C=O) groups excluding carboxylic acids is 4.